The molecule has 7 heteroatoms. The van der Waals surface area contributed by atoms with Crippen LogP contribution in [0.1, 0.15) is 43.5 Å². The van der Waals surface area contributed by atoms with Crippen LogP contribution in [0.2, 0.25) is 0 Å². The molecule has 1 amide bonds. The second kappa shape index (κ2) is 10.1. The van der Waals surface area contributed by atoms with Gasteiger partial charge in [-0.2, -0.15) is 0 Å². The summed E-state index contributed by atoms with van der Waals surface area (Å²) in [7, 11) is 3.92. The van der Waals surface area contributed by atoms with Crippen molar-refractivity contribution >= 4 is 23.1 Å². The Morgan fingerprint density at radius 3 is 2.40 bits per heavy atom. The lowest BCUT2D eigenvalue weighted by molar-refractivity contribution is -0.140. The number of ketones is 1. The van der Waals surface area contributed by atoms with Gasteiger partial charge in [0.1, 0.15) is 17.6 Å². The fourth-order valence-corrected chi connectivity index (χ4v) is 4.93. The number of hydrogen-bond acceptors (Lipinski definition) is 6. The fraction of sp³-hybridized carbons (Fsp3) is 0.429. The highest BCUT2D eigenvalue weighted by Crippen LogP contribution is 2.40. The molecule has 2 aromatic carbocycles. The van der Waals surface area contributed by atoms with Crippen LogP contribution in [0.15, 0.2) is 48.0 Å². The first-order valence-electron chi connectivity index (χ1n) is 12.3. The van der Waals surface area contributed by atoms with Crippen molar-refractivity contribution in [2.75, 3.05) is 45.2 Å². The average molecular weight is 478 g/mol. The molecule has 2 aliphatic heterocycles. The Morgan fingerprint density at radius 2 is 1.77 bits per heavy atom. The number of benzene rings is 2. The largest absolute Gasteiger partial charge is 0.507 e. The van der Waals surface area contributed by atoms with Crippen LogP contribution in [-0.2, 0) is 16.0 Å². The fourth-order valence-electron chi connectivity index (χ4n) is 4.93. The number of carbonyl (C=O) groups excluding carboxylic acids is 2. The molecule has 186 valence electrons. The molecule has 2 heterocycles. The molecule has 1 saturated heterocycles. The third kappa shape index (κ3) is 4.78. The molecular weight excluding hydrogens is 442 g/mol. The third-order valence-electron chi connectivity index (χ3n) is 6.99. The molecule has 1 N–H and O–H groups in total. The number of anilines is 1. The molecule has 2 atom stereocenters. The summed E-state index contributed by atoms with van der Waals surface area (Å²) in [6.45, 7) is 8.93. The summed E-state index contributed by atoms with van der Waals surface area (Å²) in [5.74, 6) is -0.561. The predicted octanol–water partition coefficient (Wildman–Crippen LogP) is 3.84. The highest BCUT2D eigenvalue weighted by Gasteiger charge is 2.46. The molecule has 1 fully saturated rings. The molecule has 0 radical (unpaired) electrons. The number of aliphatic hydroxyl groups excluding tert-OH is 1. The Morgan fingerprint density at radius 1 is 1.09 bits per heavy atom. The van der Waals surface area contributed by atoms with E-state index in [1.54, 1.807) is 11.0 Å². The minimum atomic E-state index is -0.648. The number of hydrogen-bond donors (Lipinski definition) is 1. The standard InChI is InChI=1S/C28H35N3O4/c1-6-30(7-2)14-15-31-25(19-8-11-22(12-9-19)29(4)5)24(27(33)28(31)34)26(32)20-10-13-23-21(17-20)16-18(3)35-23/h8-13,17-18,25,32H,6-7,14-16H2,1-5H3/t18-,25-/m0/s1. The van der Waals surface area contributed by atoms with E-state index in [9.17, 15) is 14.7 Å². The van der Waals surface area contributed by atoms with Gasteiger partial charge in [-0.05, 0) is 61.5 Å². The van der Waals surface area contributed by atoms with Gasteiger partial charge in [-0.1, -0.05) is 26.0 Å². The van der Waals surface area contributed by atoms with Crippen molar-refractivity contribution in [3.05, 3.63) is 64.7 Å². The van der Waals surface area contributed by atoms with Crippen LogP contribution in [0.25, 0.3) is 5.76 Å². The van der Waals surface area contributed by atoms with Gasteiger partial charge in [0.05, 0.1) is 11.6 Å². The van der Waals surface area contributed by atoms with Crippen LogP contribution in [0.5, 0.6) is 5.75 Å². The van der Waals surface area contributed by atoms with Crippen LogP contribution < -0.4 is 9.64 Å². The number of ether oxygens (including phenoxy) is 1. The highest BCUT2D eigenvalue weighted by molar-refractivity contribution is 6.46. The molecule has 2 aliphatic rings. The average Bonchev–Trinajstić information content (AvgIpc) is 3.35. The van der Waals surface area contributed by atoms with E-state index in [-0.39, 0.29) is 17.4 Å². The number of Topliss-reactive ketones (excluding diaryl/α,β-unsaturated/α-hetero) is 1. The SMILES string of the molecule is CCN(CC)CCN1C(=O)C(=O)C(=C(O)c2ccc3c(c2)C[C@H](C)O3)[C@@H]1c1ccc(N(C)C)cc1. The highest BCUT2D eigenvalue weighted by atomic mass is 16.5. The molecule has 0 bridgehead atoms. The molecular formula is C28H35N3O4. The summed E-state index contributed by atoms with van der Waals surface area (Å²) in [6.07, 6.45) is 0.813. The van der Waals surface area contributed by atoms with Crippen LogP contribution in [-0.4, -0.2) is 73.0 Å². The van der Waals surface area contributed by atoms with E-state index in [0.29, 0.717) is 18.7 Å². The van der Waals surface area contributed by atoms with Gasteiger partial charge in [-0.25, -0.2) is 0 Å². The minimum absolute atomic E-state index is 0.0725. The van der Waals surface area contributed by atoms with Gasteiger partial charge >= 0.3 is 0 Å². The predicted molar refractivity (Wildman–Crippen MR) is 138 cm³/mol. The van der Waals surface area contributed by atoms with E-state index < -0.39 is 17.7 Å². The summed E-state index contributed by atoms with van der Waals surface area (Å²) in [5.41, 5.74) is 3.47. The molecule has 0 aliphatic carbocycles. The lowest BCUT2D eigenvalue weighted by Gasteiger charge is -2.28. The quantitative estimate of drug-likeness (QED) is 0.354. The van der Waals surface area contributed by atoms with Gasteiger partial charge < -0.3 is 24.5 Å². The Bertz CT molecular complexity index is 1140. The maximum atomic E-state index is 13.3. The van der Waals surface area contributed by atoms with E-state index in [1.165, 1.54) is 0 Å². The maximum absolute atomic E-state index is 13.3. The molecule has 7 nitrogen and oxygen atoms in total. The second-order valence-electron chi connectivity index (χ2n) is 9.46. The summed E-state index contributed by atoms with van der Waals surface area (Å²) >= 11 is 0. The Hall–Kier alpha value is -3.32. The number of aliphatic hydroxyl groups is 1. The van der Waals surface area contributed by atoms with Gasteiger partial charge in [0.25, 0.3) is 11.7 Å². The summed E-state index contributed by atoms with van der Waals surface area (Å²) in [6, 6.07) is 12.6. The van der Waals surface area contributed by atoms with E-state index in [1.807, 2.05) is 62.3 Å². The zero-order valence-electron chi connectivity index (χ0n) is 21.2. The number of fused-ring (bicyclic) bond motifs is 1. The molecule has 35 heavy (non-hydrogen) atoms. The topological polar surface area (TPSA) is 73.3 Å². The van der Waals surface area contributed by atoms with Crippen LogP contribution in [0, 0.1) is 0 Å². The van der Waals surface area contributed by atoms with Gasteiger partial charge in [0.15, 0.2) is 0 Å². The number of amides is 1. The van der Waals surface area contributed by atoms with Crippen molar-refractivity contribution in [2.24, 2.45) is 0 Å². The smallest absolute Gasteiger partial charge is 0.295 e. The van der Waals surface area contributed by atoms with E-state index in [4.69, 9.17) is 4.74 Å². The Balaban J connectivity index is 1.78. The number of carbonyl (C=O) groups is 2. The molecule has 0 spiro atoms. The van der Waals surface area contributed by atoms with Crippen molar-refractivity contribution in [3.63, 3.8) is 0 Å². The van der Waals surface area contributed by atoms with Crippen molar-refractivity contribution in [1.82, 2.24) is 9.80 Å². The first kappa shape index (κ1) is 24.8. The molecule has 2 aromatic rings. The summed E-state index contributed by atoms with van der Waals surface area (Å²) in [5, 5.41) is 11.4. The lowest BCUT2D eigenvalue weighted by atomic mass is 9.94. The van der Waals surface area contributed by atoms with Crippen molar-refractivity contribution in [1.29, 1.82) is 0 Å². The number of nitrogens with zero attached hydrogens (tertiary/aromatic N) is 3. The summed E-state index contributed by atoms with van der Waals surface area (Å²) < 4.78 is 5.78. The molecule has 4 rings (SSSR count). The van der Waals surface area contributed by atoms with Crippen LogP contribution in [0.4, 0.5) is 5.69 Å². The lowest BCUT2D eigenvalue weighted by Crippen LogP contribution is -2.38. The second-order valence-corrected chi connectivity index (χ2v) is 9.46. The monoisotopic (exact) mass is 477 g/mol. The van der Waals surface area contributed by atoms with Crippen molar-refractivity contribution < 1.29 is 19.4 Å². The van der Waals surface area contributed by atoms with Crippen LogP contribution >= 0.6 is 0 Å². The normalized spacial score (nSPS) is 20.9. The van der Waals surface area contributed by atoms with Crippen molar-refractivity contribution in [3.8, 4) is 5.75 Å². The molecule has 0 saturated carbocycles. The Kier molecular flexibility index (Phi) is 7.17. The first-order chi connectivity index (χ1) is 16.7. The number of likely N-dealkylation sites (N-methyl/N-ethyl adjacent to an activating group) is 1. The molecule has 0 aromatic heterocycles. The zero-order valence-corrected chi connectivity index (χ0v) is 21.2. The van der Waals surface area contributed by atoms with E-state index in [0.717, 1.165) is 42.1 Å². The number of rotatable bonds is 8. The first-order valence-corrected chi connectivity index (χ1v) is 12.3. The molecule has 0 unspecified atom stereocenters. The van der Waals surface area contributed by atoms with Crippen molar-refractivity contribution in [2.45, 2.75) is 39.3 Å². The number of likely N-dealkylation sites (tertiary alicyclic amines) is 1. The zero-order chi connectivity index (χ0) is 25.3. The minimum Gasteiger partial charge on any atom is -0.507 e. The van der Waals surface area contributed by atoms with E-state index >= 15 is 0 Å². The van der Waals surface area contributed by atoms with Gasteiger partial charge in [-0.15, -0.1) is 0 Å². The van der Waals surface area contributed by atoms with Gasteiger partial charge in [-0.3, -0.25) is 9.59 Å². The van der Waals surface area contributed by atoms with Gasteiger partial charge in [0, 0.05) is 44.9 Å². The van der Waals surface area contributed by atoms with E-state index in [2.05, 4.69) is 18.7 Å². The van der Waals surface area contributed by atoms with Gasteiger partial charge in [0.2, 0.25) is 0 Å². The third-order valence-corrected chi connectivity index (χ3v) is 6.99. The summed E-state index contributed by atoms with van der Waals surface area (Å²) in [4.78, 5) is 32.3. The van der Waals surface area contributed by atoms with Crippen LogP contribution in [0.3, 0.4) is 0 Å². The maximum Gasteiger partial charge on any atom is 0.295 e. The Labute approximate surface area is 207 Å².